The second-order valence-electron chi connectivity index (χ2n) is 3.59. The average Bonchev–Trinajstić information content (AvgIpc) is 2.27. The highest BCUT2D eigenvalue weighted by atomic mass is 16.1. The maximum atomic E-state index is 11.6. The predicted molar refractivity (Wildman–Crippen MR) is 61.4 cm³/mol. The third-order valence-electron chi connectivity index (χ3n) is 2.22. The second kappa shape index (κ2) is 6.19. The number of hydrogen-bond acceptors (Lipinski definition) is 2. The molecule has 0 aromatic heterocycles. The molecule has 0 aliphatic carbocycles. The first-order chi connectivity index (χ1) is 7.24. The van der Waals surface area contributed by atoms with Crippen molar-refractivity contribution in [1.29, 1.82) is 0 Å². The summed E-state index contributed by atoms with van der Waals surface area (Å²) in [7, 11) is 0. The van der Waals surface area contributed by atoms with Crippen molar-refractivity contribution in [2.24, 2.45) is 5.73 Å². The van der Waals surface area contributed by atoms with Crippen LogP contribution in [-0.2, 0) is 0 Å². The molecule has 15 heavy (non-hydrogen) atoms. The Labute approximate surface area is 90.7 Å². The van der Waals surface area contributed by atoms with Gasteiger partial charge in [-0.1, -0.05) is 38.0 Å². The van der Waals surface area contributed by atoms with Crippen LogP contribution < -0.4 is 11.1 Å². The zero-order valence-corrected chi connectivity index (χ0v) is 9.07. The molecule has 3 N–H and O–H groups in total. The number of hydrogen-bond donors (Lipinski definition) is 2. The predicted octanol–water partition coefficient (Wildman–Crippen LogP) is 1.89. The van der Waals surface area contributed by atoms with Gasteiger partial charge in [0, 0.05) is 5.56 Å². The van der Waals surface area contributed by atoms with E-state index in [4.69, 9.17) is 5.73 Å². The smallest absolute Gasteiger partial charge is 0.252 e. The standard InChI is InChI=1S/C12H18N2O/c1-2-3-9-11(13)14-12(15)10-7-5-4-6-8-10/h4-8,11H,2-3,9,13H2,1H3,(H,14,15). The number of unbranched alkanes of at least 4 members (excludes halogenated alkanes) is 1. The van der Waals surface area contributed by atoms with E-state index >= 15 is 0 Å². The molecule has 0 heterocycles. The van der Waals surface area contributed by atoms with E-state index in [1.807, 2.05) is 18.2 Å². The van der Waals surface area contributed by atoms with Gasteiger partial charge in [-0.25, -0.2) is 0 Å². The number of benzene rings is 1. The van der Waals surface area contributed by atoms with Crippen molar-refractivity contribution in [2.75, 3.05) is 0 Å². The van der Waals surface area contributed by atoms with E-state index in [1.165, 1.54) is 0 Å². The van der Waals surface area contributed by atoms with Crippen LogP contribution in [0.2, 0.25) is 0 Å². The first-order valence-corrected chi connectivity index (χ1v) is 5.35. The Morgan fingerprint density at radius 1 is 1.40 bits per heavy atom. The molecule has 0 radical (unpaired) electrons. The van der Waals surface area contributed by atoms with Crippen molar-refractivity contribution < 1.29 is 4.79 Å². The Balaban J connectivity index is 2.42. The lowest BCUT2D eigenvalue weighted by molar-refractivity contribution is 0.0935. The molecule has 0 spiro atoms. The van der Waals surface area contributed by atoms with Gasteiger partial charge in [0.1, 0.15) is 0 Å². The Kier molecular flexibility index (Phi) is 4.84. The number of nitrogens with one attached hydrogen (secondary N) is 1. The normalized spacial score (nSPS) is 12.1. The highest BCUT2D eigenvalue weighted by Gasteiger charge is 2.08. The van der Waals surface area contributed by atoms with Gasteiger partial charge in [0.15, 0.2) is 0 Å². The lowest BCUT2D eigenvalue weighted by atomic mass is 10.2. The van der Waals surface area contributed by atoms with E-state index in [0.717, 1.165) is 19.3 Å². The van der Waals surface area contributed by atoms with Gasteiger partial charge in [0.05, 0.1) is 6.17 Å². The fourth-order valence-corrected chi connectivity index (χ4v) is 1.34. The van der Waals surface area contributed by atoms with Crippen LogP contribution in [-0.4, -0.2) is 12.1 Å². The average molecular weight is 206 g/mol. The summed E-state index contributed by atoms with van der Waals surface area (Å²) in [4.78, 5) is 11.6. The van der Waals surface area contributed by atoms with Gasteiger partial charge in [-0.05, 0) is 18.6 Å². The van der Waals surface area contributed by atoms with Gasteiger partial charge >= 0.3 is 0 Å². The van der Waals surface area contributed by atoms with Crippen molar-refractivity contribution in [2.45, 2.75) is 32.4 Å². The second-order valence-corrected chi connectivity index (χ2v) is 3.59. The summed E-state index contributed by atoms with van der Waals surface area (Å²) in [6.07, 6.45) is 2.72. The number of carbonyl (C=O) groups is 1. The fraction of sp³-hybridized carbons (Fsp3) is 0.417. The molecule has 0 bridgehead atoms. The molecule has 1 amide bonds. The van der Waals surface area contributed by atoms with Crippen LogP contribution >= 0.6 is 0 Å². The summed E-state index contributed by atoms with van der Waals surface area (Å²) < 4.78 is 0. The first-order valence-electron chi connectivity index (χ1n) is 5.35. The lowest BCUT2D eigenvalue weighted by Crippen LogP contribution is -2.41. The van der Waals surface area contributed by atoms with Crippen LogP contribution in [0.3, 0.4) is 0 Å². The third kappa shape index (κ3) is 4.13. The third-order valence-corrected chi connectivity index (χ3v) is 2.22. The Hall–Kier alpha value is -1.35. The maximum absolute atomic E-state index is 11.6. The molecule has 3 heteroatoms. The number of nitrogens with two attached hydrogens (primary N) is 1. The van der Waals surface area contributed by atoms with Crippen molar-refractivity contribution in [3.8, 4) is 0 Å². The molecular formula is C12H18N2O. The highest BCUT2D eigenvalue weighted by Crippen LogP contribution is 2.00. The summed E-state index contributed by atoms with van der Waals surface area (Å²) in [5.41, 5.74) is 6.42. The Bertz CT molecular complexity index is 298. The van der Waals surface area contributed by atoms with Crippen molar-refractivity contribution in [3.63, 3.8) is 0 Å². The first kappa shape index (κ1) is 11.7. The summed E-state index contributed by atoms with van der Waals surface area (Å²) >= 11 is 0. The largest absolute Gasteiger partial charge is 0.337 e. The Morgan fingerprint density at radius 2 is 2.07 bits per heavy atom. The fourth-order valence-electron chi connectivity index (χ4n) is 1.34. The van der Waals surface area contributed by atoms with Crippen LogP contribution in [0.4, 0.5) is 0 Å². The van der Waals surface area contributed by atoms with Crippen molar-refractivity contribution >= 4 is 5.91 Å². The molecule has 0 saturated carbocycles. The molecule has 1 atom stereocenters. The molecule has 0 aliphatic heterocycles. The van der Waals surface area contributed by atoms with Gasteiger partial charge in [0.2, 0.25) is 0 Å². The number of carbonyl (C=O) groups excluding carboxylic acids is 1. The van der Waals surface area contributed by atoms with Crippen LogP contribution in [0.1, 0.15) is 36.5 Å². The zero-order valence-electron chi connectivity index (χ0n) is 9.07. The van der Waals surface area contributed by atoms with E-state index in [9.17, 15) is 4.79 Å². The van der Waals surface area contributed by atoms with Crippen LogP contribution in [0, 0.1) is 0 Å². The molecule has 0 aliphatic rings. The summed E-state index contributed by atoms with van der Waals surface area (Å²) in [5, 5.41) is 2.77. The molecule has 1 aromatic carbocycles. The monoisotopic (exact) mass is 206 g/mol. The van der Waals surface area contributed by atoms with Gasteiger partial charge in [-0.3, -0.25) is 4.79 Å². The molecule has 82 valence electrons. The van der Waals surface area contributed by atoms with Gasteiger partial charge < -0.3 is 11.1 Å². The van der Waals surface area contributed by atoms with Gasteiger partial charge in [-0.2, -0.15) is 0 Å². The van der Waals surface area contributed by atoms with Gasteiger partial charge in [-0.15, -0.1) is 0 Å². The number of rotatable bonds is 5. The number of amides is 1. The van der Waals surface area contributed by atoms with Crippen molar-refractivity contribution in [1.82, 2.24) is 5.32 Å². The molecule has 1 rings (SSSR count). The van der Waals surface area contributed by atoms with E-state index in [0.29, 0.717) is 5.56 Å². The SMILES string of the molecule is CCCCC(N)NC(=O)c1ccccc1. The molecular weight excluding hydrogens is 188 g/mol. The highest BCUT2D eigenvalue weighted by molar-refractivity contribution is 5.94. The quantitative estimate of drug-likeness (QED) is 0.723. The van der Waals surface area contributed by atoms with E-state index in [-0.39, 0.29) is 12.1 Å². The molecule has 1 aromatic rings. The van der Waals surface area contributed by atoms with Gasteiger partial charge in [0.25, 0.3) is 5.91 Å². The van der Waals surface area contributed by atoms with E-state index in [2.05, 4.69) is 12.2 Å². The zero-order chi connectivity index (χ0) is 11.1. The minimum atomic E-state index is -0.238. The molecule has 1 unspecified atom stereocenters. The maximum Gasteiger partial charge on any atom is 0.252 e. The molecule has 3 nitrogen and oxygen atoms in total. The summed E-state index contributed by atoms with van der Waals surface area (Å²) in [6, 6.07) is 9.12. The van der Waals surface area contributed by atoms with Crippen molar-refractivity contribution in [3.05, 3.63) is 35.9 Å². The molecule has 0 fully saturated rings. The van der Waals surface area contributed by atoms with Crippen LogP contribution in [0.5, 0.6) is 0 Å². The van der Waals surface area contributed by atoms with Crippen LogP contribution in [0.25, 0.3) is 0 Å². The molecule has 0 saturated heterocycles. The lowest BCUT2D eigenvalue weighted by Gasteiger charge is -2.13. The van der Waals surface area contributed by atoms with E-state index in [1.54, 1.807) is 12.1 Å². The minimum Gasteiger partial charge on any atom is -0.337 e. The Morgan fingerprint density at radius 3 is 2.67 bits per heavy atom. The van der Waals surface area contributed by atoms with E-state index < -0.39 is 0 Å². The summed E-state index contributed by atoms with van der Waals surface area (Å²) in [6.45, 7) is 2.10. The minimum absolute atomic E-state index is 0.0980. The summed E-state index contributed by atoms with van der Waals surface area (Å²) in [5.74, 6) is -0.0980. The topological polar surface area (TPSA) is 55.1 Å². The van der Waals surface area contributed by atoms with Crippen LogP contribution in [0.15, 0.2) is 30.3 Å².